The van der Waals surface area contributed by atoms with Gasteiger partial charge in [0.15, 0.2) is 0 Å². The number of esters is 1. The molecule has 4 rings (SSSR count). The minimum atomic E-state index is -0.101. The number of hydrogen-bond donors (Lipinski definition) is 0. The monoisotopic (exact) mass is 479 g/mol. The molecule has 8 heteroatoms. The minimum Gasteiger partial charge on any atom is -0.466 e. The van der Waals surface area contributed by atoms with E-state index in [4.69, 9.17) is 4.74 Å². The van der Waals surface area contributed by atoms with Crippen molar-refractivity contribution < 1.29 is 14.3 Å². The lowest BCUT2D eigenvalue weighted by atomic mass is 9.96. The number of ether oxygens (including phenoxy) is 1. The van der Waals surface area contributed by atoms with Gasteiger partial charge in [-0.05, 0) is 57.4 Å². The van der Waals surface area contributed by atoms with Crippen molar-refractivity contribution >= 4 is 23.4 Å². The minimum absolute atomic E-state index is 0.0385. The van der Waals surface area contributed by atoms with E-state index >= 15 is 0 Å². The molecule has 2 aliphatic heterocycles. The van der Waals surface area contributed by atoms with Crippen molar-refractivity contribution in [2.24, 2.45) is 5.92 Å². The van der Waals surface area contributed by atoms with Gasteiger partial charge in [-0.15, -0.1) is 0 Å². The molecular weight excluding hydrogens is 442 g/mol. The third-order valence-corrected chi connectivity index (χ3v) is 7.04. The molecule has 188 valence electrons. The number of piperidine rings is 1. The van der Waals surface area contributed by atoms with Crippen LogP contribution in [-0.2, 0) is 22.5 Å². The van der Waals surface area contributed by atoms with Crippen LogP contribution < -0.4 is 9.80 Å². The van der Waals surface area contributed by atoms with Gasteiger partial charge in [0.25, 0.3) is 5.91 Å². The smallest absolute Gasteiger partial charge is 0.309 e. The van der Waals surface area contributed by atoms with Crippen molar-refractivity contribution in [1.29, 1.82) is 0 Å². The lowest BCUT2D eigenvalue weighted by Crippen LogP contribution is -2.41. The first-order valence-electron chi connectivity index (χ1n) is 12.9. The Bertz CT molecular complexity index is 1020. The van der Waals surface area contributed by atoms with Crippen LogP contribution in [0.4, 0.5) is 11.5 Å². The molecule has 0 saturated carbocycles. The topological polar surface area (TPSA) is 78.9 Å². The van der Waals surface area contributed by atoms with Crippen LogP contribution in [0.15, 0.2) is 30.6 Å². The number of carbonyl (C=O) groups excluding carboxylic acids is 2. The molecule has 0 spiro atoms. The predicted molar refractivity (Wildman–Crippen MR) is 137 cm³/mol. The summed E-state index contributed by atoms with van der Waals surface area (Å²) < 4.78 is 5.20. The Morgan fingerprint density at radius 1 is 1.06 bits per heavy atom. The van der Waals surface area contributed by atoms with E-state index in [1.807, 2.05) is 36.1 Å². The van der Waals surface area contributed by atoms with Crippen LogP contribution in [-0.4, -0.2) is 66.1 Å². The summed E-state index contributed by atoms with van der Waals surface area (Å²) in [5.74, 6) is 0.780. The van der Waals surface area contributed by atoms with Crippen molar-refractivity contribution in [3.63, 3.8) is 0 Å². The lowest BCUT2D eigenvalue weighted by molar-refractivity contribution is -0.148. The zero-order valence-electron chi connectivity index (χ0n) is 21.2. The molecule has 0 aliphatic carbocycles. The first kappa shape index (κ1) is 24.9. The maximum Gasteiger partial charge on any atom is 0.309 e. The van der Waals surface area contributed by atoms with Crippen LogP contribution in [0.3, 0.4) is 0 Å². The average molecular weight is 480 g/mol. The second-order valence-electron chi connectivity index (χ2n) is 9.24. The molecule has 1 aromatic carbocycles. The summed E-state index contributed by atoms with van der Waals surface area (Å²) in [5, 5.41) is 0. The molecule has 0 atom stereocenters. The maximum atomic E-state index is 13.4. The number of hydrogen-bond acceptors (Lipinski definition) is 7. The molecule has 0 unspecified atom stereocenters. The SMILES string of the molecule is CCCN(CC)c1ccc(C(=O)N2CCc3ncnc(N4CCC(C(=O)OCC)CC4)c3C2)cc1. The molecule has 1 aromatic heterocycles. The van der Waals surface area contributed by atoms with E-state index in [2.05, 4.69) is 33.6 Å². The first-order chi connectivity index (χ1) is 17.0. The second kappa shape index (κ2) is 11.5. The lowest BCUT2D eigenvalue weighted by Gasteiger charge is -2.35. The Kier molecular flexibility index (Phi) is 8.21. The predicted octanol–water partition coefficient (Wildman–Crippen LogP) is 3.69. The van der Waals surface area contributed by atoms with Crippen molar-refractivity contribution in [3.05, 3.63) is 47.4 Å². The van der Waals surface area contributed by atoms with E-state index in [0.29, 0.717) is 31.7 Å². The zero-order chi connectivity index (χ0) is 24.8. The molecule has 35 heavy (non-hydrogen) atoms. The van der Waals surface area contributed by atoms with Gasteiger partial charge in [-0.25, -0.2) is 9.97 Å². The first-order valence-corrected chi connectivity index (χ1v) is 12.9. The van der Waals surface area contributed by atoms with Crippen LogP contribution >= 0.6 is 0 Å². The highest BCUT2D eigenvalue weighted by molar-refractivity contribution is 5.94. The van der Waals surface area contributed by atoms with Crippen LogP contribution in [0.2, 0.25) is 0 Å². The van der Waals surface area contributed by atoms with Gasteiger partial charge in [0.1, 0.15) is 12.1 Å². The summed E-state index contributed by atoms with van der Waals surface area (Å²) in [5.41, 5.74) is 3.90. The summed E-state index contributed by atoms with van der Waals surface area (Å²) in [6.07, 6.45) is 4.93. The number of aromatic nitrogens is 2. The highest BCUT2D eigenvalue weighted by Crippen LogP contribution is 2.30. The Hall–Kier alpha value is -3.16. The van der Waals surface area contributed by atoms with Gasteiger partial charge in [0.05, 0.1) is 24.8 Å². The Morgan fingerprint density at radius 3 is 2.46 bits per heavy atom. The van der Waals surface area contributed by atoms with E-state index in [0.717, 1.165) is 68.2 Å². The molecule has 0 bridgehead atoms. The number of nitrogens with zero attached hydrogens (tertiary/aromatic N) is 5. The van der Waals surface area contributed by atoms with Gasteiger partial charge < -0.3 is 19.4 Å². The molecule has 1 saturated heterocycles. The summed E-state index contributed by atoms with van der Waals surface area (Å²) in [7, 11) is 0. The largest absolute Gasteiger partial charge is 0.466 e. The third-order valence-electron chi connectivity index (χ3n) is 7.04. The van der Waals surface area contributed by atoms with Crippen LogP contribution in [0.5, 0.6) is 0 Å². The van der Waals surface area contributed by atoms with E-state index in [1.54, 1.807) is 6.33 Å². The fraction of sp³-hybridized carbons (Fsp3) is 0.556. The molecule has 2 aromatic rings. The number of anilines is 2. The molecular formula is C27H37N5O3. The third kappa shape index (κ3) is 5.57. The van der Waals surface area contributed by atoms with Gasteiger partial charge >= 0.3 is 5.97 Å². The van der Waals surface area contributed by atoms with E-state index in [-0.39, 0.29) is 17.8 Å². The summed E-state index contributed by atoms with van der Waals surface area (Å²) in [6.45, 7) is 11.2. The van der Waals surface area contributed by atoms with Crippen molar-refractivity contribution in [1.82, 2.24) is 14.9 Å². The van der Waals surface area contributed by atoms with Crippen molar-refractivity contribution in [3.8, 4) is 0 Å². The molecule has 2 aliphatic rings. The number of fused-ring (bicyclic) bond motifs is 1. The fourth-order valence-corrected chi connectivity index (χ4v) is 5.10. The molecule has 1 fully saturated rings. The molecule has 0 N–H and O–H groups in total. The second-order valence-corrected chi connectivity index (χ2v) is 9.24. The van der Waals surface area contributed by atoms with Crippen LogP contribution in [0.25, 0.3) is 0 Å². The number of rotatable bonds is 8. The van der Waals surface area contributed by atoms with Crippen LogP contribution in [0.1, 0.15) is 61.6 Å². The van der Waals surface area contributed by atoms with Crippen molar-refractivity contribution in [2.75, 3.05) is 49.1 Å². The highest BCUT2D eigenvalue weighted by atomic mass is 16.5. The van der Waals surface area contributed by atoms with Crippen LogP contribution in [0, 0.1) is 5.92 Å². The van der Waals surface area contributed by atoms with E-state index in [9.17, 15) is 9.59 Å². The molecule has 3 heterocycles. The molecule has 1 amide bonds. The fourth-order valence-electron chi connectivity index (χ4n) is 5.10. The van der Waals surface area contributed by atoms with Gasteiger partial charge in [-0.2, -0.15) is 0 Å². The summed E-state index contributed by atoms with van der Waals surface area (Å²) in [6, 6.07) is 7.97. The number of benzene rings is 1. The Morgan fingerprint density at radius 2 is 1.80 bits per heavy atom. The molecule has 8 nitrogen and oxygen atoms in total. The van der Waals surface area contributed by atoms with E-state index < -0.39 is 0 Å². The Balaban J connectivity index is 1.45. The zero-order valence-corrected chi connectivity index (χ0v) is 21.2. The van der Waals surface area contributed by atoms with E-state index in [1.165, 1.54) is 0 Å². The van der Waals surface area contributed by atoms with Gasteiger partial charge in [0.2, 0.25) is 0 Å². The summed E-state index contributed by atoms with van der Waals surface area (Å²) >= 11 is 0. The standard InChI is InChI=1S/C27H37N5O3/c1-4-14-30(5-2)22-9-7-20(8-10-22)26(33)32-17-13-24-23(18-32)25(29-19-28-24)31-15-11-21(12-16-31)27(34)35-6-3/h7-10,19,21H,4-6,11-18H2,1-3H3. The number of carbonyl (C=O) groups is 2. The summed E-state index contributed by atoms with van der Waals surface area (Å²) in [4.78, 5) is 41.0. The van der Waals surface area contributed by atoms with Gasteiger partial charge in [-0.1, -0.05) is 6.92 Å². The normalized spacial score (nSPS) is 16.1. The van der Waals surface area contributed by atoms with Crippen molar-refractivity contribution in [2.45, 2.75) is 53.0 Å². The Labute approximate surface area is 208 Å². The quantitative estimate of drug-likeness (QED) is 0.534. The van der Waals surface area contributed by atoms with Gasteiger partial charge in [0, 0.05) is 56.0 Å². The highest BCUT2D eigenvalue weighted by Gasteiger charge is 2.31. The van der Waals surface area contributed by atoms with Gasteiger partial charge in [-0.3, -0.25) is 9.59 Å². The molecule has 0 radical (unpaired) electrons. The maximum absolute atomic E-state index is 13.4. The average Bonchev–Trinajstić information content (AvgIpc) is 2.91. The number of amides is 1.